The van der Waals surface area contributed by atoms with Gasteiger partial charge in [0.15, 0.2) is 11.6 Å². The second kappa shape index (κ2) is 8.45. The van der Waals surface area contributed by atoms with Gasteiger partial charge in [-0.2, -0.15) is 0 Å². The number of carbonyl (C=O) groups excluding carboxylic acids is 1. The van der Waals surface area contributed by atoms with Gasteiger partial charge in [-0.3, -0.25) is 4.79 Å². The fraction of sp³-hybridized carbons (Fsp3) is 0.316. The standard InChI is InChI=1S/C19H23FN2O2/c1-13(15-7-8-18(24-3)17(20)12-15)22-10-9-14-5-4-6-16(11-14)19(23)21-2/h4-8,11-13,22H,9-10H2,1-3H3,(H,21,23). The third kappa shape index (κ3) is 4.55. The lowest BCUT2D eigenvalue weighted by atomic mass is 10.1. The first kappa shape index (κ1) is 17.9. The molecular weight excluding hydrogens is 307 g/mol. The molecule has 0 fully saturated rings. The molecule has 0 aliphatic heterocycles. The van der Waals surface area contributed by atoms with Gasteiger partial charge in [0.25, 0.3) is 5.91 Å². The van der Waals surface area contributed by atoms with Crippen LogP contribution in [0, 0.1) is 5.82 Å². The molecule has 1 amide bonds. The van der Waals surface area contributed by atoms with Crippen LogP contribution < -0.4 is 15.4 Å². The molecule has 0 aliphatic rings. The Morgan fingerprint density at radius 3 is 2.71 bits per heavy atom. The van der Waals surface area contributed by atoms with Gasteiger partial charge in [0.05, 0.1) is 7.11 Å². The summed E-state index contributed by atoms with van der Waals surface area (Å²) in [6, 6.07) is 12.5. The van der Waals surface area contributed by atoms with Gasteiger partial charge in [0, 0.05) is 18.7 Å². The van der Waals surface area contributed by atoms with Gasteiger partial charge in [0.1, 0.15) is 0 Å². The number of rotatable bonds is 7. The summed E-state index contributed by atoms with van der Waals surface area (Å²) in [5, 5.41) is 5.99. The fourth-order valence-electron chi connectivity index (χ4n) is 2.52. The van der Waals surface area contributed by atoms with E-state index in [4.69, 9.17) is 4.74 Å². The number of hydrogen-bond acceptors (Lipinski definition) is 3. The molecule has 0 spiro atoms. The summed E-state index contributed by atoms with van der Waals surface area (Å²) in [6.45, 7) is 2.72. The summed E-state index contributed by atoms with van der Waals surface area (Å²) in [5.74, 6) is -0.203. The minimum atomic E-state index is -0.359. The maximum absolute atomic E-state index is 13.8. The molecular formula is C19H23FN2O2. The lowest BCUT2D eigenvalue weighted by Gasteiger charge is -2.15. The van der Waals surface area contributed by atoms with Crippen LogP contribution in [0.5, 0.6) is 5.75 Å². The number of nitrogens with one attached hydrogen (secondary N) is 2. The molecule has 1 atom stereocenters. The molecule has 2 N–H and O–H groups in total. The van der Waals surface area contributed by atoms with Crippen molar-refractivity contribution in [2.75, 3.05) is 20.7 Å². The van der Waals surface area contributed by atoms with Gasteiger partial charge in [-0.15, -0.1) is 0 Å². The third-order valence-corrected chi connectivity index (χ3v) is 3.96. The molecule has 24 heavy (non-hydrogen) atoms. The van der Waals surface area contributed by atoms with E-state index in [1.165, 1.54) is 13.2 Å². The van der Waals surface area contributed by atoms with Crippen LogP contribution >= 0.6 is 0 Å². The van der Waals surface area contributed by atoms with Crippen molar-refractivity contribution in [2.24, 2.45) is 0 Å². The smallest absolute Gasteiger partial charge is 0.251 e. The Labute approximate surface area is 142 Å². The Morgan fingerprint density at radius 1 is 1.25 bits per heavy atom. The summed E-state index contributed by atoms with van der Waals surface area (Å²) in [6.07, 6.45) is 0.786. The first-order valence-electron chi connectivity index (χ1n) is 7.93. The summed E-state index contributed by atoms with van der Waals surface area (Å²) in [7, 11) is 3.07. The molecule has 0 saturated carbocycles. The molecule has 2 aromatic rings. The van der Waals surface area contributed by atoms with E-state index in [-0.39, 0.29) is 23.5 Å². The zero-order valence-electron chi connectivity index (χ0n) is 14.2. The van der Waals surface area contributed by atoms with Crippen molar-refractivity contribution >= 4 is 5.91 Å². The van der Waals surface area contributed by atoms with Crippen molar-refractivity contribution in [2.45, 2.75) is 19.4 Å². The Balaban J connectivity index is 1.92. The van der Waals surface area contributed by atoms with E-state index in [1.54, 1.807) is 19.2 Å². The highest BCUT2D eigenvalue weighted by molar-refractivity contribution is 5.94. The first-order valence-corrected chi connectivity index (χ1v) is 7.93. The Kier molecular flexibility index (Phi) is 6.32. The Bertz CT molecular complexity index is 704. The van der Waals surface area contributed by atoms with Gasteiger partial charge in [-0.1, -0.05) is 18.2 Å². The molecule has 2 aromatic carbocycles. The average Bonchev–Trinajstić information content (AvgIpc) is 2.61. The summed E-state index contributed by atoms with van der Waals surface area (Å²) >= 11 is 0. The van der Waals surface area contributed by atoms with Crippen LogP contribution in [0.3, 0.4) is 0 Å². The van der Waals surface area contributed by atoms with Crippen molar-refractivity contribution in [1.82, 2.24) is 10.6 Å². The molecule has 0 saturated heterocycles. The van der Waals surface area contributed by atoms with Gasteiger partial charge in [-0.25, -0.2) is 4.39 Å². The number of hydrogen-bond donors (Lipinski definition) is 2. The second-order valence-corrected chi connectivity index (χ2v) is 5.60. The largest absolute Gasteiger partial charge is 0.494 e. The lowest BCUT2D eigenvalue weighted by Crippen LogP contribution is -2.22. The normalized spacial score (nSPS) is 11.8. The van der Waals surface area contributed by atoms with Crippen LogP contribution in [-0.4, -0.2) is 26.6 Å². The van der Waals surface area contributed by atoms with E-state index in [2.05, 4.69) is 10.6 Å². The molecule has 128 valence electrons. The first-order chi connectivity index (χ1) is 11.5. The van der Waals surface area contributed by atoms with E-state index in [9.17, 15) is 9.18 Å². The third-order valence-electron chi connectivity index (χ3n) is 3.96. The number of carbonyl (C=O) groups is 1. The maximum Gasteiger partial charge on any atom is 0.251 e. The number of amides is 1. The summed E-state index contributed by atoms with van der Waals surface area (Å²) in [4.78, 5) is 11.6. The summed E-state index contributed by atoms with van der Waals surface area (Å²) in [5.41, 5.74) is 2.60. The molecule has 4 nitrogen and oxygen atoms in total. The molecule has 0 aromatic heterocycles. The van der Waals surface area contributed by atoms with E-state index < -0.39 is 0 Å². The van der Waals surface area contributed by atoms with Crippen molar-refractivity contribution < 1.29 is 13.9 Å². The second-order valence-electron chi connectivity index (χ2n) is 5.60. The van der Waals surface area contributed by atoms with Gasteiger partial charge in [-0.05, 0) is 55.3 Å². The average molecular weight is 330 g/mol. The van der Waals surface area contributed by atoms with Crippen LogP contribution in [0.2, 0.25) is 0 Å². The molecule has 5 heteroatoms. The minimum Gasteiger partial charge on any atom is -0.494 e. The number of ether oxygens (including phenoxy) is 1. The van der Waals surface area contributed by atoms with Gasteiger partial charge >= 0.3 is 0 Å². The quantitative estimate of drug-likeness (QED) is 0.820. The zero-order chi connectivity index (χ0) is 17.5. The zero-order valence-corrected chi connectivity index (χ0v) is 14.2. The monoisotopic (exact) mass is 330 g/mol. The molecule has 0 aliphatic carbocycles. The van der Waals surface area contributed by atoms with Crippen LogP contribution in [0.15, 0.2) is 42.5 Å². The summed E-state index contributed by atoms with van der Waals surface area (Å²) < 4.78 is 18.7. The number of benzene rings is 2. The molecule has 0 bridgehead atoms. The van der Waals surface area contributed by atoms with Crippen molar-refractivity contribution in [3.63, 3.8) is 0 Å². The fourth-order valence-corrected chi connectivity index (χ4v) is 2.52. The van der Waals surface area contributed by atoms with Crippen LogP contribution in [0.25, 0.3) is 0 Å². The van der Waals surface area contributed by atoms with Crippen LogP contribution in [-0.2, 0) is 6.42 Å². The predicted octanol–water partition coefficient (Wildman–Crippen LogP) is 3.09. The van der Waals surface area contributed by atoms with Crippen molar-refractivity contribution in [3.05, 3.63) is 65.0 Å². The minimum absolute atomic E-state index is 0.0209. The van der Waals surface area contributed by atoms with Gasteiger partial charge in [0.2, 0.25) is 0 Å². The SMILES string of the molecule is CNC(=O)c1cccc(CCNC(C)c2ccc(OC)c(F)c2)c1. The number of methoxy groups -OCH3 is 1. The number of halogens is 1. The van der Waals surface area contributed by atoms with E-state index in [0.29, 0.717) is 5.56 Å². The molecule has 1 unspecified atom stereocenters. The lowest BCUT2D eigenvalue weighted by molar-refractivity contribution is 0.0963. The topological polar surface area (TPSA) is 50.4 Å². The van der Waals surface area contributed by atoms with Gasteiger partial charge < -0.3 is 15.4 Å². The van der Waals surface area contributed by atoms with E-state index in [0.717, 1.165) is 24.1 Å². The van der Waals surface area contributed by atoms with E-state index >= 15 is 0 Å². The van der Waals surface area contributed by atoms with E-state index in [1.807, 2.05) is 31.2 Å². The molecule has 2 rings (SSSR count). The maximum atomic E-state index is 13.8. The highest BCUT2D eigenvalue weighted by Crippen LogP contribution is 2.21. The van der Waals surface area contributed by atoms with Crippen LogP contribution in [0.4, 0.5) is 4.39 Å². The van der Waals surface area contributed by atoms with Crippen molar-refractivity contribution in [1.29, 1.82) is 0 Å². The van der Waals surface area contributed by atoms with Crippen LogP contribution in [0.1, 0.15) is 34.5 Å². The highest BCUT2D eigenvalue weighted by atomic mass is 19.1. The predicted molar refractivity (Wildman–Crippen MR) is 92.9 cm³/mol. The Hall–Kier alpha value is -2.40. The molecule has 0 heterocycles. The Morgan fingerprint density at radius 2 is 2.04 bits per heavy atom. The molecule has 0 radical (unpaired) electrons. The van der Waals surface area contributed by atoms with Crippen molar-refractivity contribution in [3.8, 4) is 5.75 Å². The highest BCUT2D eigenvalue weighted by Gasteiger charge is 2.09.